The Morgan fingerprint density at radius 2 is 1.96 bits per heavy atom. The molecule has 1 saturated heterocycles. The van der Waals surface area contributed by atoms with Gasteiger partial charge >= 0.3 is 0 Å². The van der Waals surface area contributed by atoms with Gasteiger partial charge in [0.15, 0.2) is 0 Å². The lowest BCUT2D eigenvalue weighted by Crippen LogP contribution is -2.46. The molecule has 132 valence electrons. The summed E-state index contributed by atoms with van der Waals surface area (Å²) >= 11 is 0. The first-order valence-electron chi connectivity index (χ1n) is 8.54. The standard InChI is InChI=1S/C19H23N3O3/c1-12-16(10-14-6-7-15(25-3)11-17(14)20-12)18(23)21-13(2)19(24)22-8-4-5-9-22/h6-7,10-11,13H,4-5,8-9H2,1-3H3,(H,21,23). The number of likely N-dealkylation sites (tertiary alicyclic amines) is 1. The number of carbonyl (C=O) groups excluding carboxylic acids is 2. The van der Waals surface area contributed by atoms with Gasteiger partial charge in [0.1, 0.15) is 11.8 Å². The first-order valence-corrected chi connectivity index (χ1v) is 8.54. The fraction of sp³-hybridized carbons (Fsp3) is 0.421. The maximum Gasteiger partial charge on any atom is 0.253 e. The molecule has 6 heteroatoms. The zero-order valence-electron chi connectivity index (χ0n) is 14.8. The third-order valence-corrected chi connectivity index (χ3v) is 4.60. The maximum atomic E-state index is 12.6. The Morgan fingerprint density at radius 1 is 1.24 bits per heavy atom. The van der Waals surface area contributed by atoms with Gasteiger partial charge in [-0.25, -0.2) is 0 Å². The molecule has 2 amide bonds. The van der Waals surface area contributed by atoms with Crippen molar-refractivity contribution in [2.24, 2.45) is 0 Å². The number of methoxy groups -OCH3 is 1. The molecule has 1 aliphatic heterocycles. The van der Waals surface area contributed by atoms with E-state index >= 15 is 0 Å². The van der Waals surface area contributed by atoms with E-state index in [2.05, 4.69) is 10.3 Å². The number of carbonyl (C=O) groups is 2. The van der Waals surface area contributed by atoms with Crippen molar-refractivity contribution in [3.05, 3.63) is 35.5 Å². The fourth-order valence-corrected chi connectivity index (χ4v) is 3.15. The van der Waals surface area contributed by atoms with Gasteiger partial charge in [-0.3, -0.25) is 14.6 Å². The first kappa shape index (κ1) is 17.2. The van der Waals surface area contributed by atoms with Crippen LogP contribution in [0.2, 0.25) is 0 Å². The van der Waals surface area contributed by atoms with Crippen LogP contribution in [0.4, 0.5) is 0 Å². The number of hydrogen-bond donors (Lipinski definition) is 1. The second-order valence-electron chi connectivity index (χ2n) is 6.41. The summed E-state index contributed by atoms with van der Waals surface area (Å²) in [4.78, 5) is 31.3. The van der Waals surface area contributed by atoms with Crippen LogP contribution >= 0.6 is 0 Å². The van der Waals surface area contributed by atoms with E-state index in [4.69, 9.17) is 4.74 Å². The number of fused-ring (bicyclic) bond motifs is 1. The number of benzene rings is 1. The highest BCUT2D eigenvalue weighted by atomic mass is 16.5. The lowest BCUT2D eigenvalue weighted by molar-refractivity contribution is -0.131. The van der Waals surface area contributed by atoms with Crippen LogP contribution in [-0.4, -0.2) is 47.9 Å². The van der Waals surface area contributed by atoms with Crippen molar-refractivity contribution in [1.82, 2.24) is 15.2 Å². The lowest BCUT2D eigenvalue weighted by atomic mass is 10.1. The van der Waals surface area contributed by atoms with Crippen LogP contribution in [0.25, 0.3) is 10.9 Å². The van der Waals surface area contributed by atoms with Crippen molar-refractivity contribution in [3.8, 4) is 5.75 Å². The highest BCUT2D eigenvalue weighted by Crippen LogP contribution is 2.22. The minimum atomic E-state index is -0.545. The normalized spacial score (nSPS) is 15.2. The van der Waals surface area contributed by atoms with E-state index < -0.39 is 6.04 Å². The second-order valence-corrected chi connectivity index (χ2v) is 6.41. The smallest absolute Gasteiger partial charge is 0.253 e. The molecule has 0 spiro atoms. The van der Waals surface area contributed by atoms with Crippen molar-refractivity contribution in [2.45, 2.75) is 32.7 Å². The van der Waals surface area contributed by atoms with Crippen LogP contribution in [-0.2, 0) is 4.79 Å². The average Bonchev–Trinajstić information content (AvgIpc) is 3.14. The lowest BCUT2D eigenvalue weighted by Gasteiger charge is -2.21. The number of rotatable bonds is 4. The molecule has 1 fully saturated rings. The third kappa shape index (κ3) is 3.57. The number of nitrogens with zero attached hydrogens (tertiary/aromatic N) is 2. The van der Waals surface area contributed by atoms with Gasteiger partial charge in [-0.2, -0.15) is 0 Å². The van der Waals surface area contributed by atoms with E-state index in [1.807, 2.05) is 23.1 Å². The summed E-state index contributed by atoms with van der Waals surface area (Å²) in [7, 11) is 1.61. The molecule has 3 rings (SSSR count). The topological polar surface area (TPSA) is 71.5 Å². The molecular weight excluding hydrogens is 318 g/mol. The molecule has 1 aliphatic rings. The van der Waals surface area contributed by atoms with E-state index in [1.54, 1.807) is 27.0 Å². The van der Waals surface area contributed by atoms with Crippen LogP contribution in [0.3, 0.4) is 0 Å². The molecule has 1 N–H and O–H groups in total. The molecule has 2 aromatic rings. The Kier molecular flexibility index (Phi) is 4.88. The van der Waals surface area contributed by atoms with Gasteiger partial charge in [-0.1, -0.05) is 0 Å². The van der Waals surface area contributed by atoms with Crippen molar-refractivity contribution >= 4 is 22.7 Å². The van der Waals surface area contributed by atoms with Crippen LogP contribution in [0.5, 0.6) is 5.75 Å². The van der Waals surface area contributed by atoms with E-state index in [9.17, 15) is 9.59 Å². The Balaban J connectivity index is 1.79. The summed E-state index contributed by atoms with van der Waals surface area (Å²) < 4.78 is 5.21. The Labute approximate surface area is 147 Å². The van der Waals surface area contributed by atoms with E-state index in [1.165, 1.54) is 0 Å². The Hall–Kier alpha value is -2.63. The number of aryl methyl sites for hydroxylation is 1. The number of ether oxygens (including phenoxy) is 1. The number of amides is 2. The summed E-state index contributed by atoms with van der Waals surface area (Å²) in [6.07, 6.45) is 2.06. The van der Waals surface area contributed by atoms with Gasteiger partial charge in [-0.15, -0.1) is 0 Å². The highest BCUT2D eigenvalue weighted by Gasteiger charge is 2.25. The quantitative estimate of drug-likeness (QED) is 0.926. The maximum absolute atomic E-state index is 12.6. The summed E-state index contributed by atoms with van der Waals surface area (Å²) in [5, 5.41) is 3.66. The summed E-state index contributed by atoms with van der Waals surface area (Å²) in [5.41, 5.74) is 1.88. The molecule has 0 aliphatic carbocycles. The molecule has 6 nitrogen and oxygen atoms in total. The molecular formula is C19H23N3O3. The minimum absolute atomic E-state index is 0.0259. The number of pyridine rings is 1. The van der Waals surface area contributed by atoms with E-state index in [-0.39, 0.29) is 11.8 Å². The van der Waals surface area contributed by atoms with Gasteiger partial charge < -0.3 is 15.0 Å². The zero-order chi connectivity index (χ0) is 18.0. The molecule has 0 radical (unpaired) electrons. The molecule has 0 saturated carbocycles. The Morgan fingerprint density at radius 3 is 2.64 bits per heavy atom. The predicted octanol–water partition coefficient (Wildman–Crippen LogP) is 2.29. The SMILES string of the molecule is COc1ccc2cc(C(=O)NC(C)C(=O)N3CCCC3)c(C)nc2c1. The Bertz CT molecular complexity index is 813. The van der Waals surface area contributed by atoms with Gasteiger partial charge in [0.05, 0.1) is 23.9 Å². The van der Waals surface area contributed by atoms with Crippen LogP contribution in [0.1, 0.15) is 35.8 Å². The number of nitrogens with one attached hydrogen (secondary N) is 1. The summed E-state index contributed by atoms with van der Waals surface area (Å²) in [5.74, 6) is 0.422. The summed E-state index contributed by atoms with van der Waals surface area (Å²) in [6, 6.07) is 6.80. The van der Waals surface area contributed by atoms with Crippen molar-refractivity contribution in [3.63, 3.8) is 0 Å². The van der Waals surface area contributed by atoms with Crippen molar-refractivity contribution < 1.29 is 14.3 Å². The van der Waals surface area contributed by atoms with E-state index in [0.717, 1.165) is 42.6 Å². The van der Waals surface area contributed by atoms with Crippen LogP contribution < -0.4 is 10.1 Å². The zero-order valence-corrected chi connectivity index (χ0v) is 14.8. The molecule has 1 aromatic heterocycles. The summed E-state index contributed by atoms with van der Waals surface area (Å²) in [6.45, 7) is 5.07. The van der Waals surface area contributed by atoms with E-state index in [0.29, 0.717) is 11.3 Å². The highest BCUT2D eigenvalue weighted by molar-refractivity contribution is 6.00. The van der Waals surface area contributed by atoms with Gasteiger partial charge in [-0.05, 0) is 44.9 Å². The van der Waals surface area contributed by atoms with Crippen LogP contribution in [0, 0.1) is 6.92 Å². The number of hydrogen-bond acceptors (Lipinski definition) is 4. The molecule has 0 bridgehead atoms. The first-order chi connectivity index (χ1) is 12.0. The molecule has 1 aromatic carbocycles. The molecule has 25 heavy (non-hydrogen) atoms. The molecule has 1 unspecified atom stereocenters. The van der Waals surface area contributed by atoms with Gasteiger partial charge in [0.2, 0.25) is 5.91 Å². The minimum Gasteiger partial charge on any atom is -0.497 e. The average molecular weight is 341 g/mol. The van der Waals surface area contributed by atoms with Crippen molar-refractivity contribution in [1.29, 1.82) is 0 Å². The monoisotopic (exact) mass is 341 g/mol. The van der Waals surface area contributed by atoms with Gasteiger partial charge in [0.25, 0.3) is 5.91 Å². The third-order valence-electron chi connectivity index (χ3n) is 4.60. The number of aromatic nitrogens is 1. The second kappa shape index (κ2) is 7.09. The van der Waals surface area contributed by atoms with Gasteiger partial charge in [0, 0.05) is 24.5 Å². The largest absolute Gasteiger partial charge is 0.497 e. The molecule has 1 atom stereocenters. The van der Waals surface area contributed by atoms with Crippen LogP contribution in [0.15, 0.2) is 24.3 Å². The predicted molar refractivity (Wildman–Crippen MR) is 95.8 cm³/mol. The van der Waals surface area contributed by atoms with Crippen molar-refractivity contribution in [2.75, 3.05) is 20.2 Å². The fourth-order valence-electron chi connectivity index (χ4n) is 3.15. The molecule has 2 heterocycles.